The molecule has 1 fully saturated rings. The summed E-state index contributed by atoms with van der Waals surface area (Å²) in [4.78, 5) is 12.5. The quantitative estimate of drug-likeness (QED) is 0.546. The molecular weight excluding hydrogens is 369 g/mol. The largest absolute Gasteiger partial charge is 0.307 e. The molecular formula is C19H12FN3OS2. The van der Waals surface area contributed by atoms with Crippen LogP contribution < -0.4 is 5.32 Å². The number of amides is 1. The molecule has 1 amide bonds. The normalized spacial score (nSPS) is 15.5. The zero-order valence-electron chi connectivity index (χ0n) is 13.3. The third-order valence-corrected chi connectivity index (χ3v) is 4.97. The Bertz CT molecular complexity index is 1030. The van der Waals surface area contributed by atoms with Crippen molar-refractivity contribution in [3.63, 3.8) is 0 Å². The van der Waals surface area contributed by atoms with Gasteiger partial charge >= 0.3 is 0 Å². The van der Waals surface area contributed by atoms with Crippen molar-refractivity contribution in [2.24, 2.45) is 0 Å². The molecule has 2 aromatic carbocycles. The van der Waals surface area contributed by atoms with E-state index in [0.717, 1.165) is 16.8 Å². The lowest BCUT2D eigenvalue weighted by Gasteiger charge is -2.00. The monoisotopic (exact) mass is 381 g/mol. The first-order chi connectivity index (χ1) is 12.6. The number of hydrogen-bond donors (Lipinski definition) is 1. The average Bonchev–Trinajstić information content (AvgIpc) is 3.20. The number of nitrogens with zero attached hydrogens (tertiary/aromatic N) is 2. The number of carbonyl (C=O) groups is 1. The van der Waals surface area contributed by atoms with Gasteiger partial charge in [0, 0.05) is 17.3 Å². The molecule has 1 saturated heterocycles. The van der Waals surface area contributed by atoms with Gasteiger partial charge in [-0.15, -0.1) is 0 Å². The summed E-state index contributed by atoms with van der Waals surface area (Å²) in [6.07, 6.45) is 3.60. The number of para-hydroxylation sites is 1. The fraction of sp³-hybridized carbons (Fsp3) is 0. The highest BCUT2D eigenvalue weighted by Crippen LogP contribution is 2.30. The summed E-state index contributed by atoms with van der Waals surface area (Å²) >= 11 is 6.25. The second kappa shape index (κ2) is 6.86. The lowest BCUT2D eigenvalue weighted by molar-refractivity contribution is -0.115. The number of thioether (sulfide) groups is 1. The highest BCUT2D eigenvalue weighted by molar-refractivity contribution is 8.26. The third-order valence-electron chi connectivity index (χ3n) is 3.81. The summed E-state index contributed by atoms with van der Waals surface area (Å²) in [5.74, 6) is -0.537. The molecule has 128 valence electrons. The Morgan fingerprint density at radius 1 is 1.12 bits per heavy atom. The zero-order chi connectivity index (χ0) is 18.1. The molecule has 1 aromatic heterocycles. The van der Waals surface area contributed by atoms with Crippen molar-refractivity contribution in [2.75, 3.05) is 0 Å². The molecule has 4 rings (SSSR count). The van der Waals surface area contributed by atoms with Crippen LogP contribution in [0.5, 0.6) is 0 Å². The molecule has 0 saturated carbocycles. The van der Waals surface area contributed by atoms with E-state index in [0.29, 0.717) is 14.9 Å². The Balaban J connectivity index is 1.84. The van der Waals surface area contributed by atoms with Crippen LogP contribution in [0, 0.1) is 5.82 Å². The number of halogens is 1. The van der Waals surface area contributed by atoms with Gasteiger partial charge in [0.1, 0.15) is 10.1 Å². The van der Waals surface area contributed by atoms with Gasteiger partial charge in [-0.1, -0.05) is 42.2 Å². The average molecular weight is 381 g/mol. The van der Waals surface area contributed by atoms with Gasteiger partial charge in [0.2, 0.25) is 0 Å². The van der Waals surface area contributed by atoms with E-state index in [-0.39, 0.29) is 11.7 Å². The first kappa shape index (κ1) is 16.7. The Morgan fingerprint density at radius 2 is 1.85 bits per heavy atom. The molecule has 7 heteroatoms. The number of nitrogens with one attached hydrogen (secondary N) is 1. The predicted octanol–water partition coefficient (Wildman–Crippen LogP) is 4.17. The fourth-order valence-corrected chi connectivity index (χ4v) is 3.64. The smallest absolute Gasteiger partial charge is 0.263 e. The van der Waals surface area contributed by atoms with E-state index in [1.165, 1.54) is 23.9 Å². The van der Waals surface area contributed by atoms with Crippen LogP contribution in [0.3, 0.4) is 0 Å². The van der Waals surface area contributed by atoms with Crippen LogP contribution in [-0.4, -0.2) is 20.0 Å². The van der Waals surface area contributed by atoms with E-state index in [1.807, 2.05) is 36.5 Å². The molecule has 1 aliphatic rings. The van der Waals surface area contributed by atoms with Gasteiger partial charge in [-0.25, -0.2) is 9.07 Å². The molecule has 0 radical (unpaired) electrons. The number of carbonyl (C=O) groups excluding carboxylic acids is 1. The molecule has 4 nitrogen and oxygen atoms in total. The first-order valence-electron chi connectivity index (χ1n) is 7.76. The lowest BCUT2D eigenvalue weighted by Crippen LogP contribution is -2.17. The third kappa shape index (κ3) is 3.31. The minimum atomic E-state index is -0.313. The molecule has 0 unspecified atom stereocenters. The Morgan fingerprint density at radius 3 is 2.50 bits per heavy atom. The van der Waals surface area contributed by atoms with Crippen LogP contribution in [0.2, 0.25) is 0 Å². The summed E-state index contributed by atoms with van der Waals surface area (Å²) in [5.41, 5.74) is 3.06. The Kier molecular flexibility index (Phi) is 4.40. The van der Waals surface area contributed by atoms with Gasteiger partial charge in [0.05, 0.1) is 16.3 Å². The lowest BCUT2D eigenvalue weighted by atomic mass is 10.1. The molecule has 1 N–H and O–H groups in total. The minimum absolute atomic E-state index is 0.225. The molecule has 2 heterocycles. The number of hydrogen-bond acceptors (Lipinski definition) is 4. The number of benzene rings is 2. The standard InChI is InChI=1S/C19H12FN3OS2/c20-14-8-6-12(7-9-14)17-13(10-16-18(24)21-19(25)26-16)11-23(22-17)15-4-2-1-3-5-15/h1-11H,(H,21,24,25). The highest BCUT2D eigenvalue weighted by Gasteiger charge is 2.23. The molecule has 0 aliphatic carbocycles. The van der Waals surface area contributed by atoms with E-state index >= 15 is 0 Å². The van der Waals surface area contributed by atoms with E-state index < -0.39 is 0 Å². The van der Waals surface area contributed by atoms with E-state index in [2.05, 4.69) is 10.4 Å². The van der Waals surface area contributed by atoms with Crippen LogP contribution in [0.15, 0.2) is 65.7 Å². The second-order valence-corrected chi connectivity index (χ2v) is 7.29. The summed E-state index contributed by atoms with van der Waals surface area (Å²) in [5, 5.41) is 7.24. The minimum Gasteiger partial charge on any atom is -0.307 e. The fourth-order valence-electron chi connectivity index (χ4n) is 2.60. The molecule has 0 spiro atoms. The van der Waals surface area contributed by atoms with Crippen molar-refractivity contribution in [1.82, 2.24) is 15.1 Å². The number of rotatable bonds is 3. The summed E-state index contributed by atoms with van der Waals surface area (Å²) < 4.78 is 15.5. The van der Waals surface area contributed by atoms with Gasteiger partial charge < -0.3 is 5.32 Å². The molecule has 0 atom stereocenters. The van der Waals surface area contributed by atoms with Gasteiger partial charge in [0.25, 0.3) is 5.91 Å². The molecule has 26 heavy (non-hydrogen) atoms. The predicted molar refractivity (Wildman–Crippen MR) is 105 cm³/mol. The van der Waals surface area contributed by atoms with Crippen LogP contribution >= 0.6 is 24.0 Å². The van der Waals surface area contributed by atoms with E-state index in [4.69, 9.17) is 12.2 Å². The molecule has 1 aliphatic heterocycles. The van der Waals surface area contributed by atoms with Gasteiger partial charge in [0.15, 0.2) is 0 Å². The Labute approximate surface area is 158 Å². The summed E-state index contributed by atoms with van der Waals surface area (Å²) in [6, 6.07) is 15.8. The number of thiocarbonyl (C=S) groups is 1. The maximum atomic E-state index is 13.3. The number of aromatic nitrogens is 2. The van der Waals surface area contributed by atoms with Crippen molar-refractivity contribution < 1.29 is 9.18 Å². The van der Waals surface area contributed by atoms with Crippen LogP contribution in [0.4, 0.5) is 4.39 Å². The maximum absolute atomic E-state index is 13.3. The van der Waals surface area contributed by atoms with Crippen molar-refractivity contribution in [1.29, 1.82) is 0 Å². The van der Waals surface area contributed by atoms with Gasteiger partial charge in [-0.3, -0.25) is 4.79 Å². The SMILES string of the molecule is O=C1NC(=S)SC1=Cc1cn(-c2ccccc2)nc1-c1ccc(F)cc1. The molecule has 3 aromatic rings. The van der Waals surface area contributed by atoms with Crippen LogP contribution in [0.25, 0.3) is 23.0 Å². The molecule has 0 bridgehead atoms. The topological polar surface area (TPSA) is 46.9 Å². The van der Waals surface area contributed by atoms with Crippen LogP contribution in [-0.2, 0) is 4.79 Å². The van der Waals surface area contributed by atoms with Gasteiger partial charge in [-0.2, -0.15) is 5.10 Å². The van der Waals surface area contributed by atoms with Crippen LogP contribution in [0.1, 0.15) is 5.56 Å². The first-order valence-corrected chi connectivity index (χ1v) is 8.98. The summed E-state index contributed by atoms with van der Waals surface area (Å²) in [7, 11) is 0. The Hall–Kier alpha value is -2.77. The zero-order valence-corrected chi connectivity index (χ0v) is 15.0. The van der Waals surface area contributed by atoms with E-state index in [1.54, 1.807) is 22.9 Å². The van der Waals surface area contributed by atoms with Crippen molar-refractivity contribution in [3.8, 4) is 16.9 Å². The van der Waals surface area contributed by atoms with E-state index in [9.17, 15) is 9.18 Å². The summed E-state index contributed by atoms with van der Waals surface area (Å²) in [6.45, 7) is 0. The van der Waals surface area contributed by atoms with Crippen molar-refractivity contribution in [3.05, 3.63) is 77.1 Å². The maximum Gasteiger partial charge on any atom is 0.263 e. The van der Waals surface area contributed by atoms with Crippen molar-refractivity contribution >= 4 is 40.3 Å². The highest BCUT2D eigenvalue weighted by atomic mass is 32.2. The second-order valence-electron chi connectivity index (χ2n) is 5.57. The van der Waals surface area contributed by atoms with Crippen molar-refractivity contribution in [2.45, 2.75) is 0 Å². The van der Waals surface area contributed by atoms with Gasteiger partial charge in [-0.05, 0) is 42.5 Å².